The summed E-state index contributed by atoms with van der Waals surface area (Å²) >= 11 is 0. The first-order valence-electron chi connectivity index (χ1n) is 9.08. The summed E-state index contributed by atoms with van der Waals surface area (Å²) in [4.78, 5) is 26.4. The number of hydrogen-bond donors (Lipinski definition) is 1. The van der Waals surface area contributed by atoms with Crippen LogP contribution in [0.3, 0.4) is 0 Å². The lowest BCUT2D eigenvalue weighted by Gasteiger charge is -2.16. The SMILES string of the molecule is Cc1ccc(N2C[C@H](c3nnc(NC(=O)c4cccc(C)c4)o3)CC2=O)cc1. The Morgan fingerprint density at radius 3 is 2.64 bits per heavy atom. The van der Waals surface area contributed by atoms with Crippen LogP contribution < -0.4 is 10.2 Å². The van der Waals surface area contributed by atoms with Crippen molar-refractivity contribution >= 4 is 23.5 Å². The van der Waals surface area contributed by atoms with E-state index in [9.17, 15) is 9.59 Å². The fourth-order valence-corrected chi connectivity index (χ4v) is 3.25. The van der Waals surface area contributed by atoms with Gasteiger partial charge in [0.2, 0.25) is 11.8 Å². The van der Waals surface area contributed by atoms with Crippen LogP contribution >= 0.6 is 0 Å². The second-order valence-corrected chi connectivity index (χ2v) is 7.01. The second-order valence-electron chi connectivity index (χ2n) is 7.01. The number of nitrogens with one attached hydrogen (secondary N) is 1. The number of carbonyl (C=O) groups is 2. The van der Waals surface area contributed by atoms with Gasteiger partial charge in [0.25, 0.3) is 5.91 Å². The molecule has 142 valence electrons. The second kappa shape index (κ2) is 7.26. The first-order valence-corrected chi connectivity index (χ1v) is 9.08. The number of aryl methyl sites for hydroxylation is 2. The van der Waals surface area contributed by atoms with E-state index in [2.05, 4.69) is 15.5 Å². The number of hydrogen-bond acceptors (Lipinski definition) is 5. The van der Waals surface area contributed by atoms with Crippen molar-refractivity contribution in [1.82, 2.24) is 10.2 Å². The van der Waals surface area contributed by atoms with Crippen molar-refractivity contribution in [3.63, 3.8) is 0 Å². The Bertz CT molecular complexity index is 1030. The van der Waals surface area contributed by atoms with Crippen LogP contribution in [0, 0.1) is 13.8 Å². The molecule has 0 saturated carbocycles. The molecule has 0 unspecified atom stereocenters. The molecule has 28 heavy (non-hydrogen) atoms. The summed E-state index contributed by atoms with van der Waals surface area (Å²) in [5.41, 5.74) is 3.49. The van der Waals surface area contributed by atoms with Crippen molar-refractivity contribution in [2.75, 3.05) is 16.8 Å². The van der Waals surface area contributed by atoms with Gasteiger partial charge in [0.05, 0.1) is 5.92 Å². The fourth-order valence-electron chi connectivity index (χ4n) is 3.25. The maximum absolute atomic E-state index is 12.4. The molecular formula is C21H20N4O3. The third-order valence-electron chi connectivity index (χ3n) is 4.76. The van der Waals surface area contributed by atoms with E-state index in [1.54, 1.807) is 17.0 Å². The number of aromatic nitrogens is 2. The highest BCUT2D eigenvalue weighted by molar-refractivity contribution is 6.03. The topological polar surface area (TPSA) is 88.3 Å². The van der Waals surface area contributed by atoms with E-state index < -0.39 is 0 Å². The van der Waals surface area contributed by atoms with Gasteiger partial charge in [-0.1, -0.05) is 40.5 Å². The highest BCUT2D eigenvalue weighted by Gasteiger charge is 2.35. The molecule has 1 N–H and O–H groups in total. The normalized spacial score (nSPS) is 16.4. The van der Waals surface area contributed by atoms with Crippen LogP contribution in [0.2, 0.25) is 0 Å². The molecule has 0 bridgehead atoms. The average molecular weight is 376 g/mol. The minimum absolute atomic E-state index is 0.0115. The first-order chi connectivity index (χ1) is 13.5. The van der Waals surface area contributed by atoms with Crippen LogP contribution in [-0.4, -0.2) is 28.6 Å². The molecule has 1 aromatic heterocycles. The van der Waals surface area contributed by atoms with Crippen molar-refractivity contribution in [3.8, 4) is 0 Å². The van der Waals surface area contributed by atoms with E-state index in [0.717, 1.165) is 16.8 Å². The predicted octanol–water partition coefficient (Wildman–Crippen LogP) is 3.46. The van der Waals surface area contributed by atoms with Gasteiger partial charge in [0.15, 0.2) is 0 Å². The van der Waals surface area contributed by atoms with E-state index in [1.807, 2.05) is 50.2 Å². The van der Waals surface area contributed by atoms with Crippen LogP contribution in [0.1, 0.15) is 39.7 Å². The van der Waals surface area contributed by atoms with Gasteiger partial charge in [0, 0.05) is 24.2 Å². The van der Waals surface area contributed by atoms with E-state index in [-0.39, 0.29) is 23.7 Å². The number of carbonyl (C=O) groups excluding carboxylic acids is 2. The highest BCUT2D eigenvalue weighted by Crippen LogP contribution is 2.31. The fraction of sp³-hybridized carbons (Fsp3) is 0.238. The standard InChI is InChI=1S/C21H20N4O3/c1-13-6-8-17(9-7-13)25-12-16(11-18(25)26)20-23-24-21(28-20)22-19(27)15-5-3-4-14(2)10-15/h3-10,16H,11-12H2,1-2H3,(H,22,24,27)/t16-/m1/s1. The third kappa shape index (κ3) is 3.64. The maximum Gasteiger partial charge on any atom is 0.322 e. The zero-order valence-corrected chi connectivity index (χ0v) is 15.7. The lowest BCUT2D eigenvalue weighted by molar-refractivity contribution is -0.117. The zero-order chi connectivity index (χ0) is 19.7. The number of benzene rings is 2. The van der Waals surface area contributed by atoms with Crippen LogP contribution in [0.4, 0.5) is 11.7 Å². The van der Waals surface area contributed by atoms with E-state index >= 15 is 0 Å². The minimum Gasteiger partial charge on any atom is -0.407 e. The Kier molecular flexibility index (Phi) is 4.65. The summed E-state index contributed by atoms with van der Waals surface area (Å²) in [5.74, 6) is -0.159. The summed E-state index contributed by atoms with van der Waals surface area (Å²) < 4.78 is 5.61. The smallest absolute Gasteiger partial charge is 0.322 e. The van der Waals surface area contributed by atoms with Gasteiger partial charge >= 0.3 is 6.01 Å². The first kappa shape index (κ1) is 17.9. The molecule has 1 aliphatic rings. The average Bonchev–Trinajstić information content (AvgIpc) is 3.29. The molecule has 0 spiro atoms. The van der Waals surface area contributed by atoms with Crippen molar-refractivity contribution in [2.45, 2.75) is 26.2 Å². The van der Waals surface area contributed by atoms with Crippen LogP contribution in [-0.2, 0) is 4.79 Å². The molecule has 4 rings (SSSR count). The lowest BCUT2D eigenvalue weighted by Crippen LogP contribution is -2.24. The Balaban J connectivity index is 1.45. The predicted molar refractivity (Wildman–Crippen MR) is 104 cm³/mol. The van der Waals surface area contributed by atoms with Gasteiger partial charge in [0.1, 0.15) is 0 Å². The van der Waals surface area contributed by atoms with Crippen molar-refractivity contribution in [3.05, 3.63) is 71.1 Å². The van der Waals surface area contributed by atoms with Gasteiger partial charge in [-0.3, -0.25) is 14.9 Å². The third-order valence-corrected chi connectivity index (χ3v) is 4.76. The molecule has 2 aromatic carbocycles. The molecule has 2 heterocycles. The monoisotopic (exact) mass is 376 g/mol. The van der Waals surface area contributed by atoms with Crippen LogP contribution in [0.5, 0.6) is 0 Å². The van der Waals surface area contributed by atoms with Crippen molar-refractivity contribution in [1.29, 1.82) is 0 Å². The molecule has 2 amide bonds. The van der Waals surface area contributed by atoms with Crippen molar-refractivity contribution < 1.29 is 14.0 Å². The molecular weight excluding hydrogens is 356 g/mol. The molecule has 7 nitrogen and oxygen atoms in total. The van der Waals surface area contributed by atoms with E-state index in [4.69, 9.17) is 4.42 Å². The van der Waals surface area contributed by atoms with Gasteiger partial charge in [-0.05, 0) is 38.1 Å². The highest BCUT2D eigenvalue weighted by atomic mass is 16.4. The molecule has 1 aliphatic heterocycles. The summed E-state index contributed by atoms with van der Waals surface area (Å²) in [7, 11) is 0. The molecule has 1 saturated heterocycles. The molecule has 1 fully saturated rings. The summed E-state index contributed by atoms with van der Waals surface area (Å²) in [6.45, 7) is 4.39. The van der Waals surface area contributed by atoms with Gasteiger partial charge in [-0.25, -0.2) is 0 Å². The minimum atomic E-state index is -0.317. The largest absolute Gasteiger partial charge is 0.407 e. The Morgan fingerprint density at radius 1 is 1.11 bits per heavy atom. The Morgan fingerprint density at radius 2 is 1.89 bits per heavy atom. The molecule has 3 aromatic rings. The van der Waals surface area contributed by atoms with Crippen LogP contribution in [0.25, 0.3) is 0 Å². The summed E-state index contributed by atoms with van der Waals surface area (Å²) in [5, 5.41) is 10.5. The summed E-state index contributed by atoms with van der Waals surface area (Å²) in [6, 6.07) is 15.1. The Labute approximate surface area is 162 Å². The van der Waals surface area contributed by atoms with Gasteiger partial charge < -0.3 is 9.32 Å². The molecule has 7 heteroatoms. The van der Waals surface area contributed by atoms with E-state index in [0.29, 0.717) is 24.4 Å². The van der Waals surface area contributed by atoms with Gasteiger partial charge in [-0.2, -0.15) is 0 Å². The number of anilines is 2. The number of nitrogens with zero attached hydrogens (tertiary/aromatic N) is 3. The van der Waals surface area contributed by atoms with Gasteiger partial charge in [-0.15, -0.1) is 5.10 Å². The lowest BCUT2D eigenvalue weighted by atomic mass is 10.1. The van der Waals surface area contributed by atoms with Crippen LogP contribution in [0.15, 0.2) is 52.9 Å². The molecule has 0 radical (unpaired) electrons. The summed E-state index contributed by atoms with van der Waals surface area (Å²) in [6.07, 6.45) is 0.293. The van der Waals surface area contributed by atoms with Crippen molar-refractivity contribution in [2.24, 2.45) is 0 Å². The molecule has 0 aliphatic carbocycles. The molecule has 1 atom stereocenters. The Hall–Kier alpha value is -3.48. The quantitative estimate of drug-likeness (QED) is 0.753. The zero-order valence-electron chi connectivity index (χ0n) is 15.7. The number of amides is 2. The number of rotatable bonds is 4. The maximum atomic E-state index is 12.4. The van der Waals surface area contributed by atoms with E-state index in [1.165, 1.54) is 0 Å².